The molecule has 206 valence electrons. The van der Waals surface area contributed by atoms with Crippen LogP contribution < -0.4 is 27.4 Å². The van der Waals surface area contributed by atoms with Gasteiger partial charge in [0.1, 0.15) is 18.1 Å². The molecule has 0 aromatic heterocycles. The van der Waals surface area contributed by atoms with Crippen molar-refractivity contribution in [3.8, 4) is 0 Å². The Balaban J connectivity index is 3.06. The Morgan fingerprint density at radius 1 is 0.838 bits per heavy atom. The summed E-state index contributed by atoms with van der Waals surface area (Å²) in [6.07, 6.45) is 0.965. The highest BCUT2D eigenvalue weighted by molar-refractivity contribution is 5.94. The second-order valence-electron chi connectivity index (χ2n) is 9.44. The van der Waals surface area contributed by atoms with Crippen molar-refractivity contribution in [3.05, 3.63) is 35.9 Å². The standard InChI is InChI=1S/C26H41N5O6/c1-5-15(3)21(28)24(34)29-18(12-13-20(27)32)23(33)31-22(16(4)6-2)25(35)30-19(26(36)37)14-17-10-8-7-9-11-17/h7-11,15-16,18-19,21-22H,5-6,12-14,28H2,1-4H3,(H2,27,32)(H,29,34)(H,30,35)(H,31,33)(H,36,37). The zero-order valence-corrected chi connectivity index (χ0v) is 22.0. The van der Waals surface area contributed by atoms with Crippen LogP contribution in [0.5, 0.6) is 0 Å². The summed E-state index contributed by atoms with van der Waals surface area (Å²) in [5.41, 5.74) is 12.0. The molecule has 6 atom stereocenters. The van der Waals surface area contributed by atoms with E-state index in [1.54, 1.807) is 44.2 Å². The first-order valence-electron chi connectivity index (χ1n) is 12.6. The van der Waals surface area contributed by atoms with Crippen molar-refractivity contribution >= 4 is 29.6 Å². The Labute approximate surface area is 218 Å². The molecule has 11 nitrogen and oxygen atoms in total. The molecule has 1 rings (SSSR count). The van der Waals surface area contributed by atoms with Gasteiger partial charge in [0.05, 0.1) is 6.04 Å². The molecule has 0 aliphatic carbocycles. The quantitative estimate of drug-likeness (QED) is 0.182. The van der Waals surface area contributed by atoms with E-state index in [2.05, 4.69) is 16.0 Å². The van der Waals surface area contributed by atoms with E-state index < -0.39 is 53.8 Å². The number of nitrogens with one attached hydrogen (secondary N) is 3. The monoisotopic (exact) mass is 519 g/mol. The number of primary amides is 1. The normalized spacial score (nSPS) is 15.8. The second kappa shape index (κ2) is 15.6. The molecule has 0 fully saturated rings. The lowest BCUT2D eigenvalue weighted by Gasteiger charge is -2.28. The van der Waals surface area contributed by atoms with E-state index in [1.165, 1.54) is 0 Å². The summed E-state index contributed by atoms with van der Waals surface area (Å²) in [6.45, 7) is 7.26. The molecule has 0 saturated heterocycles. The minimum absolute atomic E-state index is 0.0634. The van der Waals surface area contributed by atoms with Crippen molar-refractivity contribution in [1.82, 2.24) is 16.0 Å². The lowest BCUT2D eigenvalue weighted by molar-refractivity contribution is -0.142. The number of rotatable bonds is 16. The maximum absolute atomic E-state index is 13.2. The Kier molecular flexibility index (Phi) is 13.3. The van der Waals surface area contributed by atoms with Gasteiger partial charge in [-0.1, -0.05) is 70.9 Å². The molecule has 0 heterocycles. The number of carboxylic acids is 1. The summed E-state index contributed by atoms with van der Waals surface area (Å²) >= 11 is 0. The minimum Gasteiger partial charge on any atom is -0.480 e. The molecule has 37 heavy (non-hydrogen) atoms. The third kappa shape index (κ3) is 10.6. The molecule has 0 spiro atoms. The van der Waals surface area contributed by atoms with Crippen molar-refractivity contribution in [2.24, 2.45) is 23.3 Å². The van der Waals surface area contributed by atoms with E-state index in [-0.39, 0.29) is 31.1 Å². The maximum Gasteiger partial charge on any atom is 0.326 e. The second-order valence-corrected chi connectivity index (χ2v) is 9.44. The number of benzene rings is 1. The predicted octanol–water partition coefficient (Wildman–Crippen LogP) is 0.453. The van der Waals surface area contributed by atoms with E-state index in [0.717, 1.165) is 5.56 Å². The first-order valence-corrected chi connectivity index (χ1v) is 12.6. The Hall–Kier alpha value is -3.47. The maximum atomic E-state index is 13.2. The molecule has 0 saturated carbocycles. The summed E-state index contributed by atoms with van der Waals surface area (Å²) in [4.78, 5) is 62.2. The lowest BCUT2D eigenvalue weighted by Crippen LogP contribution is -2.59. The van der Waals surface area contributed by atoms with E-state index in [0.29, 0.717) is 12.8 Å². The first kappa shape index (κ1) is 31.6. The van der Waals surface area contributed by atoms with Crippen molar-refractivity contribution in [3.63, 3.8) is 0 Å². The molecule has 8 N–H and O–H groups in total. The number of amides is 4. The fraction of sp³-hybridized carbons (Fsp3) is 0.577. The van der Waals surface area contributed by atoms with Crippen molar-refractivity contribution in [2.45, 2.75) is 84.0 Å². The van der Waals surface area contributed by atoms with Gasteiger partial charge in [0.25, 0.3) is 0 Å². The van der Waals surface area contributed by atoms with Crippen LogP contribution in [0, 0.1) is 11.8 Å². The smallest absolute Gasteiger partial charge is 0.326 e. The number of nitrogens with two attached hydrogens (primary N) is 2. The van der Waals surface area contributed by atoms with E-state index >= 15 is 0 Å². The van der Waals surface area contributed by atoms with Crippen LogP contribution in [-0.2, 0) is 30.4 Å². The average molecular weight is 520 g/mol. The van der Waals surface area contributed by atoms with Gasteiger partial charge in [-0.05, 0) is 23.8 Å². The van der Waals surface area contributed by atoms with Crippen LogP contribution >= 0.6 is 0 Å². The molecule has 0 radical (unpaired) electrons. The highest BCUT2D eigenvalue weighted by atomic mass is 16.4. The number of aliphatic carboxylic acids is 1. The Bertz CT molecular complexity index is 925. The van der Waals surface area contributed by atoms with Crippen molar-refractivity contribution in [1.29, 1.82) is 0 Å². The summed E-state index contributed by atoms with van der Waals surface area (Å²) < 4.78 is 0. The molecular formula is C26H41N5O6. The van der Waals surface area contributed by atoms with Crippen LogP contribution in [-0.4, -0.2) is 58.9 Å². The highest BCUT2D eigenvalue weighted by Crippen LogP contribution is 2.12. The highest BCUT2D eigenvalue weighted by Gasteiger charge is 2.33. The summed E-state index contributed by atoms with van der Waals surface area (Å²) in [5.74, 6) is -4.28. The zero-order valence-electron chi connectivity index (χ0n) is 22.0. The Morgan fingerprint density at radius 2 is 1.41 bits per heavy atom. The topological polar surface area (TPSA) is 194 Å². The molecule has 0 aliphatic heterocycles. The van der Waals surface area contributed by atoms with Gasteiger partial charge in [-0.15, -0.1) is 0 Å². The van der Waals surface area contributed by atoms with Crippen LogP contribution in [0.25, 0.3) is 0 Å². The van der Waals surface area contributed by atoms with Gasteiger partial charge in [-0.3, -0.25) is 19.2 Å². The summed E-state index contributed by atoms with van der Waals surface area (Å²) in [6, 6.07) is 4.54. The fourth-order valence-corrected chi connectivity index (χ4v) is 3.60. The van der Waals surface area contributed by atoms with Gasteiger partial charge < -0.3 is 32.5 Å². The number of carbonyl (C=O) groups is 5. The van der Waals surface area contributed by atoms with Gasteiger partial charge in [-0.25, -0.2) is 4.79 Å². The first-order chi connectivity index (χ1) is 17.4. The van der Waals surface area contributed by atoms with Crippen molar-refractivity contribution < 1.29 is 29.1 Å². The molecule has 4 amide bonds. The molecule has 6 unspecified atom stereocenters. The third-order valence-electron chi connectivity index (χ3n) is 6.56. The van der Waals surface area contributed by atoms with E-state index in [1.807, 2.05) is 13.8 Å². The van der Waals surface area contributed by atoms with Crippen molar-refractivity contribution in [2.75, 3.05) is 0 Å². The average Bonchev–Trinajstić information content (AvgIpc) is 2.87. The summed E-state index contributed by atoms with van der Waals surface area (Å²) in [5, 5.41) is 17.4. The molecule has 1 aromatic carbocycles. The molecule has 0 bridgehead atoms. The van der Waals surface area contributed by atoms with Gasteiger partial charge in [0.2, 0.25) is 23.6 Å². The largest absolute Gasteiger partial charge is 0.480 e. The summed E-state index contributed by atoms with van der Waals surface area (Å²) in [7, 11) is 0. The molecule has 1 aromatic rings. The number of carboxylic acid groups (broad SMARTS) is 1. The number of hydrogen-bond donors (Lipinski definition) is 6. The van der Waals surface area contributed by atoms with Crippen LogP contribution in [0.2, 0.25) is 0 Å². The van der Waals surface area contributed by atoms with E-state index in [9.17, 15) is 29.1 Å². The minimum atomic E-state index is -1.21. The van der Waals surface area contributed by atoms with Crippen LogP contribution in [0.3, 0.4) is 0 Å². The predicted molar refractivity (Wildman–Crippen MR) is 139 cm³/mol. The number of hydrogen-bond acceptors (Lipinski definition) is 6. The zero-order chi connectivity index (χ0) is 28.1. The van der Waals surface area contributed by atoms with Gasteiger partial charge >= 0.3 is 5.97 Å². The van der Waals surface area contributed by atoms with Crippen LogP contribution in [0.1, 0.15) is 58.9 Å². The Morgan fingerprint density at radius 3 is 1.92 bits per heavy atom. The van der Waals surface area contributed by atoms with Gasteiger partial charge in [0, 0.05) is 12.8 Å². The fourth-order valence-electron chi connectivity index (χ4n) is 3.60. The SMILES string of the molecule is CCC(C)C(N)C(=O)NC(CCC(N)=O)C(=O)NC(C(=O)NC(Cc1ccccc1)C(=O)O)C(C)CC. The lowest BCUT2D eigenvalue weighted by atomic mass is 9.96. The molecule has 0 aliphatic rings. The number of carbonyl (C=O) groups excluding carboxylic acids is 4. The van der Waals surface area contributed by atoms with E-state index in [4.69, 9.17) is 11.5 Å². The van der Waals surface area contributed by atoms with Crippen LogP contribution in [0.4, 0.5) is 0 Å². The van der Waals surface area contributed by atoms with Crippen LogP contribution in [0.15, 0.2) is 30.3 Å². The molecular weight excluding hydrogens is 478 g/mol. The third-order valence-corrected chi connectivity index (χ3v) is 6.56. The molecule has 11 heteroatoms. The van der Waals surface area contributed by atoms with Gasteiger partial charge in [0.15, 0.2) is 0 Å². The van der Waals surface area contributed by atoms with Gasteiger partial charge in [-0.2, -0.15) is 0 Å².